The molecule has 1 atom stereocenters. The highest BCUT2D eigenvalue weighted by Crippen LogP contribution is 2.34. The fourth-order valence-electron chi connectivity index (χ4n) is 1.51. The SMILES string of the molecule is CC(C)(C)OCC(N)c1ccccc1C(F)(F)F. The Kier molecular flexibility index (Phi) is 4.40. The summed E-state index contributed by atoms with van der Waals surface area (Å²) in [5.41, 5.74) is 4.71. The Morgan fingerprint density at radius 2 is 1.72 bits per heavy atom. The lowest BCUT2D eigenvalue weighted by atomic mass is 10.0. The molecule has 0 spiro atoms. The van der Waals surface area contributed by atoms with Crippen LogP contribution in [-0.4, -0.2) is 12.2 Å². The summed E-state index contributed by atoms with van der Waals surface area (Å²) in [7, 11) is 0. The van der Waals surface area contributed by atoms with E-state index in [9.17, 15) is 13.2 Å². The van der Waals surface area contributed by atoms with Crippen LogP contribution in [-0.2, 0) is 10.9 Å². The molecule has 18 heavy (non-hydrogen) atoms. The molecule has 0 amide bonds. The van der Waals surface area contributed by atoms with Crippen molar-refractivity contribution in [3.05, 3.63) is 35.4 Å². The molecule has 0 radical (unpaired) electrons. The molecule has 0 fully saturated rings. The molecule has 0 saturated carbocycles. The van der Waals surface area contributed by atoms with Crippen LogP contribution in [0.4, 0.5) is 13.2 Å². The highest BCUT2D eigenvalue weighted by Gasteiger charge is 2.34. The molecule has 0 aromatic heterocycles. The van der Waals surface area contributed by atoms with E-state index in [0.717, 1.165) is 6.07 Å². The summed E-state index contributed by atoms with van der Waals surface area (Å²) in [5, 5.41) is 0. The Balaban J connectivity index is 2.89. The summed E-state index contributed by atoms with van der Waals surface area (Å²) < 4.78 is 43.8. The second-order valence-corrected chi connectivity index (χ2v) is 5.11. The van der Waals surface area contributed by atoms with Crippen LogP contribution in [0.15, 0.2) is 24.3 Å². The molecule has 0 bridgehead atoms. The zero-order valence-electron chi connectivity index (χ0n) is 10.7. The number of halogens is 3. The maximum atomic E-state index is 12.8. The summed E-state index contributed by atoms with van der Waals surface area (Å²) in [6.07, 6.45) is -4.39. The van der Waals surface area contributed by atoms with Crippen molar-refractivity contribution in [2.24, 2.45) is 5.73 Å². The fraction of sp³-hybridized carbons (Fsp3) is 0.538. The van der Waals surface area contributed by atoms with Gasteiger partial charge < -0.3 is 10.5 Å². The van der Waals surface area contributed by atoms with Crippen LogP contribution >= 0.6 is 0 Å². The number of hydrogen-bond acceptors (Lipinski definition) is 2. The van der Waals surface area contributed by atoms with Gasteiger partial charge in [-0.2, -0.15) is 13.2 Å². The normalized spacial score (nSPS) is 14.6. The minimum atomic E-state index is -4.39. The lowest BCUT2D eigenvalue weighted by Gasteiger charge is -2.24. The number of nitrogens with two attached hydrogens (primary N) is 1. The van der Waals surface area contributed by atoms with Crippen LogP contribution < -0.4 is 5.73 Å². The predicted octanol–water partition coefficient (Wildman–Crippen LogP) is 3.52. The highest BCUT2D eigenvalue weighted by atomic mass is 19.4. The van der Waals surface area contributed by atoms with Gasteiger partial charge in [-0.05, 0) is 32.4 Å². The average Bonchev–Trinajstić information content (AvgIpc) is 2.24. The smallest absolute Gasteiger partial charge is 0.374 e. The first-order valence-electron chi connectivity index (χ1n) is 5.67. The van der Waals surface area contributed by atoms with E-state index >= 15 is 0 Å². The van der Waals surface area contributed by atoms with E-state index in [0.29, 0.717) is 0 Å². The van der Waals surface area contributed by atoms with Gasteiger partial charge in [0.2, 0.25) is 0 Å². The topological polar surface area (TPSA) is 35.2 Å². The lowest BCUT2D eigenvalue weighted by molar-refractivity contribution is -0.138. The molecule has 1 unspecified atom stereocenters. The number of rotatable bonds is 3. The summed E-state index contributed by atoms with van der Waals surface area (Å²) in [6, 6.07) is 4.53. The van der Waals surface area contributed by atoms with Crippen LogP contribution in [0.3, 0.4) is 0 Å². The van der Waals surface area contributed by atoms with E-state index in [-0.39, 0.29) is 12.2 Å². The molecule has 1 rings (SSSR count). The van der Waals surface area contributed by atoms with Crippen molar-refractivity contribution in [2.75, 3.05) is 6.61 Å². The number of benzene rings is 1. The quantitative estimate of drug-likeness (QED) is 0.903. The van der Waals surface area contributed by atoms with Gasteiger partial charge in [-0.1, -0.05) is 18.2 Å². The van der Waals surface area contributed by atoms with Crippen molar-refractivity contribution in [3.8, 4) is 0 Å². The number of alkyl halides is 3. The second-order valence-electron chi connectivity index (χ2n) is 5.11. The van der Waals surface area contributed by atoms with Crippen LogP contribution in [0.25, 0.3) is 0 Å². The van der Waals surface area contributed by atoms with Gasteiger partial charge in [-0.15, -0.1) is 0 Å². The minimum Gasteiger partial charge on any atom is -0.374 e. The predicted molar refractivity (Wildman–Crippen MR) is 64.1 cm³/mol. The maximum absolute atomic E-state index is 12.8. The van der Waals surface area contributed by atoms with Crippen LogP contribution in [0.5, 0.6) is 0 Å². The molecule has 0 saturated heterocycles. The Bertz CT molecular complexity index is 396. The van der Waals surface area contributed by atoms with E-state index in [2.05, 4.69) is 0 Å². The molecule has 0 aliphatic carbocycles. The Labute approximate surface area is 105 Å². The van der Waals surface area contributed by atoms with Crippen molar-refractivity contribution >= 4 is 0 Å². The number of ether oxygens (including phenoxy) is 1. The zero-order valence-corrected chi connectivity index (χ0v) is 10.7. The van der Waals surface area contributed by atoms with Gasteiger partial charge in [-0.3, -0.25) is 0 Å². The zero-order chi connectivity index (χ0) is 14.0. The first kappa shape index (κ1) is 15.0. The van der Waals surface area contributed by atoms with E-state index in [1.54, 1.807) is 6.07 Å². The Morgan fingerprint density at radius 3 is 2.22 bits per heavy atom. The maximum Gasteiger partial charge on any atom is 0.416 e. The van der Waals surface area contributed by atoms with Gasteiger partial charge in [0.05, 0.1) is 23.8 Å². The van der Waals surface area contributed by atoms with Gasteiger partial charge in [-0.25, -0.2) is 0 Å². The van der Waals surface area contributed by atoms with Gasteiger partial charge in [0, 0.05) is 0 Å². The number of hydrogen-bond donors (Lipinski definition) is 1. The molecule has 0 heterocycles. The second kappa shape index (κ2) is 5.28. The van der Waals surface area contributed by atoms with Crippen LogP contribution in [0, 0.1) is 0 Å². The van der Waals surface area contributed by atoms with Crippen LogP contribution in [0.2, 0.25) is 0 Å². The molecule has 1 aromatic carbocycles. The lowest BCUT2D eigenvalue weighted by Crippen LogP contribution is -2.27. The Hall–Kier alpha value is -1.07. The van der Waals surface area contributed by atoms with Crippen LogP contribution in [0.1, 0.15) is 37.9 Å². The van der Waals surface area contributed by atoms with Gasteiger partial charge in [0.1, 0.15) is 0 Å². The summed E-state index contributed by atoms with van der Waals surface area (Å²) in [6.45, 7) is 5.54. The van der Waals surface area contributed by atoms with Gasteiger partial charge >= 0.3 is 6.18 Å². The van der Waals surface area contributed by atoms with E-state index in [4.69, 9.17) is 10.5 Å². The summed E-state index contributed by atoms with van der Waals surface area (Å²) in [4.78, 5) is 0. The third-order valence-corrected chi connectivity index (χ3v) is 2.36. The van der Waals surface area contributed by atoms with Crippen molar-refractivity contribution < 1.29 is 17.9 Å². The third-order valence-electron chi connectivity index (χ3n) is 2.36. The third kappa shape index (κ3) is 4.31. The fourth-order valence-corrected chi connectivity index (χ4v) is 1.51. The molecule has 5 heteroatoms. The summed E-state index contributed by atoms with van der Waals surface area (Å²) in [5.74, 6) is 0. The molecule has 102 valence electrons. The minimum absolute atomic E-state index is 0.0522. The molecule has 2 nitrogen and oxygen atoms in total. The summed E-state index contributed by atoms with van der Waals surface area (Å²) >= 11 is 0. The molecular formula is C13H18F3NO. The average molecular weight is 261 g/mol. The van der Waals surface area contributed by atoms with Crippen molar-refractivity contribution in [1.29, 1.82) is 0 Å². The molecule has 0 aliphatic heterocycles. The first-order chi connectivity index (χ1) is 8.11. The molecular weight excluding hydrogens is 243 g/mol. The van der Waals surface area contributed by atoms with Crippen molar-refractivity contribution in [3.63, 3.8) is 0 Å². The monoisotopic (exact) mass is 261 g/mol. The first-order valence-corrected chi connectivity index (χ1v) is 5.67. The van der Waals surface area contributed by atoms with E-state index in [1.165, 1.54) is 12.1 Å². The standard InChI is InChI=1S/C13H18F3NO/c1-12(2,3)18-8-11(17)9-6-4-5-7-10(9)13(14,15)16/h4-7,11H,8,17H2,1-3H3. The highest BCUT2D eigenvalue weighted by molar-refractivity contribution is 5.32. The Morgan fingerprint density at radius 1 is 1.17 bits per heavy atom. The molecule has 1 aromatic rings. The van der Waals surface area contributed by atoms with Gasteiger partial charge in [0.25, 0.3) is 0 Å². The van der Waals surface area contributed by atoms with E-state index < -0.39 is 23.4 Å². The largest absolute Gasteiger partial charge is 0.416 e. The van der Waals surface area contributed by atoms with Crippen molar-refractivity contribution in [2.45, 2.75) is 38.6 Å². The molecule has 2 N–H and O–H groups in total. The van der Waals surface area contributed by atoms with Crippen molar-refractivity contribution in [1.82, 2.24) is 0 Å². The van der Waals surface area contributed by atoms with Gasteiger partial charge in [0.15, 0.2) is 0 Å². The molecule has 0 aliphatic rings. The van der Waals surface area contributed by atoms with E-state index in [1.807, 2.05) is 20.8 Å².